The van der Waals surface area contributed by atoms with Crippen molar-refractivity contribution < 1.29 is 4.74 Å². The largest absolute Gasteiger partial charge is 0.483 e. The molecule has 0 radical (unpaired) electrons. The van der Waals surface area contributed by atoms with Gasteiger partial charge in [-0.05, 0) is 31.5 Å². The maximum atomic E-state index is 5.70. The zero-order chi connectivity index (χ0) is 9.68. The molecule has 3 heteroatoms. The SMILES string of the molecule is CCOC=Nc1cc(C)ccc1N. The number of aryl methyl sites for hydroxylation is 1. The van der Waals surface area contributed by atoms with Gasteiger partial charge in [0, 0.05) is 0 Å². The third kappa shape index (κ3) is 2.78. The standard InChI is InChI=1S/C10H14N2O/c1-3-13-7-12-10-6-8(2)4-5-9(10)11/h4-7H,3,11H2,1-2H3. The molecule has 70 valence electrons. The van der Waals surface area contributed by atoms with E-state index in [2.05, 4.69) is 4.99 Å². The lowest BCUT2D eigenvalue weighted by molar-refractivity contribution is 0.344. The summed E-state index contributed by atoms with van der Waals surface area (Å²) in [7, 11) is 0. The van der Waals surface area contributed by atoms with Crippen molar-refractivity contribution in [2.45, 2.75) is 13.8 Å². The lowest BCUT2D eigenvalue weighted by Crippen LogP contribution is -1.88. The molecule has 2 N–H and O–H groups in total. The predicted molar refractivity (Wildman–Crippen MR) is 55.4 cm³/mol. The van der Waals surface area contributed by atoms with Crippen molar-refractivity contribution in [3.8, 4) is 0 Å². The Morgan fingerprint density at radius 3 is 3.00 bits per heavy atom. The van der Waals surface area contributed by atoms with Gasteiger partial charge < -0.3 is 10.5 Å². The van der Waals surface area contributed by atoms with E-state index in [1.807, 2.05) is 32.0 Å². The van der Waals surface area contributed by atoms with E-state index in [0.717, 1.165) is 11.3 Å². The van der Waals surface area contributed by atoms with E-state index in [4.69, 9.17) is 10.5 Å². The average molecular weight is 178 g/mol. The van der Waals surface area contributed by atoms with Crippen LogP contribution in [0.4, 0.5) is 11.4 Å². The van der Waals surface area contributed by atoms with Gasteiger partial charge in [-0.15, -0.1) is 0 Å². The van der Waals surface area contributed by atoms with Gasteiger partial charge in [-0.3, -0.25) is 0 Å². The number of nitrogens with zero attached hydrogens (tertiary/aromatic N) is 1. The van der Waals surface area contributed by atoms with Crippen molar-refractivity contribution >= 4 is 17.8 Å². The summed E-state index contributed by atoms with van der Waals surface area (Å²) < 4.78 is 4.99. The second kappa shape index (κ2) is 4.50. The van der Waals surface area contributed by atoms with Crippen molar-refractivity contribution in [2.75, 3.05) is 12.3 Å². The summed E-state index contributed by atoms with van der Waals surface area (Å²) in [4.78, 5) is 4.08. The molecule has 0 heterocycles. The molecule has 1 aromatic carbocycles. The van der Waals surface area contributed by atoms with Crippen LogP contribution in [0.2, 0.25) is 0 Å². The lowest BCUT2D eigenvalue weighted by atomic mass is 10.2. The molecule has 0 saturated heterocycles. The van der Waals surface area contributed by atoms with Gasteiger partial charge in [0.25, 0.3) is 0 Å². The summed E-state index contributed by atoms with van der Waals surface area (Å²) in [6.45, 7) is 4.53. The van der Waals surface area contributed by atoms with Gasteiger partial charge in [0.2, 0.25) is 0 Å². The molecule has 0 aliphatic heterocycles. The number of nitrogens with two attached hydrogens (primary N) is 1. The average Bonchev–Trinajstić information content (AvgIpc) is 2.11. The highest BCUT2D eigenvalue weighted by molar-refractivity contribution is 5.68. The minimum atomic E-state index is 0.620. The molecule has 0 atom stereocenters. The molecular formula is C10H14N2O. The van der Waals surface area contributed by atoms with E-state index in [1.54, 1.807) is 0 Å². The number of hydrogen-bond donors (Lipinski definition) is 1. The molecule has 0 amide bonds. The molecule has 0 fully saturated rings. The van der Waals surface area contributed by atoms with E-state index >= 15 is 0 Å². The molecule has 1 rings (SSSR count). The molecule has 0 unspecified atom stereocenters. The van der Waals surface area contributed by atoms with Crippen molar-refractivity contribution in [3.63, 3.8) is 0 Å². The minimum absolute atomic E-state index is 0.620. The Kier molecular flexibility index (Phi) is 3.31. The highest BCUT2D eigenvalue weighted by Gasteiger charge is 1.95. The molecule has 3 nitrogen and oxygen atoms in total. The van der Waals surface area contributed by atoms with Crippen molar-refractivity contribution in [1.29, 1.82) is 0 Å². The van der Waals surface area contributed by atoms with Gasteiger partial charge in [-0.25, -0.2) is 4.99 Å². The van der Waals surface area contributed by atoms with E-state index in [0.29, 0.717) is 12.3 Å². The van der Waals surface area contributed by atoms with E-state index in [9.17, 15) is 0 Å². The summed E-state index contributed by atoms with van der Waals surface area (Å²) >= 11 is 0. The summed E-state index contributed by atoms with van der Waals surface area (Å²) in [6.07, 6.45) is 1.42. The molecule has 0 aromatic heterocycles. The monoisotopic (exact) mass is 178 g/mol. The fraction of sp³-hybridized carbons (Fsp3) is 0.300. The molecule has 0 saturated carbocycles. The fourth-order valence-corrected chi connectivity index (χ4v) is 0.934. The zero-order valence-corrected chi connectivity index (χ0v) is 7.95. The van der Waals surface area contributed by atoms with E-state index < -0.39 is 0 Å². The van der Waals surface area contributed by atoms with Gasteiger partial charge in [0.1, 0.15) is 0 Å². The summed E-state index contributed by atoms with van der Waals surface area (Å²) in [5, 5.41) is 0. The number of nitrogen functional groups attached to an aromatic ring is 1. The van der Waals surface area contributed by atoms with Crippen molar-refractivity contribution in [3.05, 3.63) is 23.8 Å². The Labute approximate surface area is 78.2 Å². The normalized spacial score (nSPS) is 10.6. The Hall–Kier alpha value is -1.51. The number of benzene rings is 1. The van der Waals surface area contributed by atoms with Crippen LogP contribution in [0.3, 0.4) is 0 Å². The number of aliphatic imine (C=N–C) groups is 1. The first kappa shape index (κ1) is 9.58. The predicted octanol–water partition coefficient (Wildman–Crippen LogP) is 2.27. The van der Waals surface area contributed by atoms with Crippen molar-refractivity contribution in [2.24, 2.45) is 4.99 Å². The first-order chi connectivity index (χ1) is 6.24. The van der Waals surface area contributed by atoms with Gasteiger partial charge in [0.05, 0.1) is 18.0 Å². The topological polar surface area (TPSA) is 47.6 Å². The number of hydrogen-bond acceptors (Lipinski definition) is 3. The van der Waals surface area contributed by atoms with Crippen LogP contribution in [-0.2, 0) is 4.74 Å². The van der Waals surface area contributed by atoms with Crippen LogP contribution >= 0.6 is 0 Å². The molecule has 1 aromatic rings. The first-order valence-electron chi connectivity index (χ1n) is 4.24. The quantitative estimate of drug-likeness (QED) is 0.438. The smallest absolute Gasteiger partial charge is 0.174 e. The Morgan fingerprint density at radius 1 is 1.54 bits per heavy atom. The van der Waals surface area contributed by atoms with Crippen LogP contribution in [0, 0.1) is 6.92 Å². The highest BCUT2D eigenvalue weighted by Crippen LogP contribution is 2.22. The van der Waals surface area contributed by atoms with Gasteiger partial charge in [0.15, 0.2) is 6.40 Å². The maximum absolute atomic E-state index is 5.70. The summed E-state index contributed by atoms with van der Waals surface area (Å²) in [5.41, 5.74) is 8.27. The molecule has 0 bridgehead atoms. The minimum Gasteiger partial charge on any atom is -0.483 e. The van der Waals surface area contributed by atoms with Gasteiger partial charge >= 0.3 is 0 Å². The highest BCUT2D eigenvalue weighted by atomic mass is 16.5. The second-order valence-corrected chi connectivity index (χ2v) is 2.75. The van der Waals surface area contributed by atoms with Gasteiger partial charge in [-0.2, -0.15) is 0 Å². The van der Waals surface area contributed by atoms with Crippen LogP contribution in [0.25, 0.3) is 0 Å². The fourth-order valence-electron chi connectivity index (χ4n) is 0.934. The number of rotatable bonds is 3. The first-order valence-corrected chi connectivity index (χ1v) is 4.24. The van der Waals surface area contributed by atoms with Crippen molar-refractivity contribution in [1.82, 2.24) is 0 Å². The zero-order valence-electron chi connectivity index (χ0n) is 7.95. The lowest BCUT2D eigenvalue weighted by Gasteiger charge is -2.00. The Bertz CT molecular complexity index is 308. The summed E-state index contributed by atoms with van der Waals surface area (Å²) in [5.74, 6) is 0. The number of ether oxygens (including phenoxy) is 1. The van der Waals surface area contributed by atoms with Gasteiger partial charge in [-0.1, -0.05) is 6.07 Å². The molecule has 0 spiro atoms. The van der Waals surface area contributed by atoms with E-state index in [1.165, 1.54) is 6.40 Å². The van der Waals surface area contributed by atoms with Crippen LogP contribution in [0.5, 0.6) is 0 Å². The Balaban J connectivity index is 2.81. The third-order valence-corrected chi connectivity index (χ3v) is 1.62. The van der Waals surface area contributed by atoms with Crippen LogP contribution in [0.15, 0.2) is 23.2 Å². The summed E-state index contributed by atoms with van der Waals surface area (Å²) in [6, 6.07) is 5.72. The van der Waals surface area contributed by atoms with Crippen LogP contribution < -0.4 is 5.73 Å². The van der Waals surface area contributed by atoms with Crippen LogP contribution in [0.1, 0.15) is 12.5 Å². The molecule has 0 aliphatic rings. The molecule has 0 aliphatic carbocycles. The third-order valence-electron chi connectivity index (χ3n) is 1.62. The van der Waals surface area contributed by atoms with Crippen LogP contribution in [-0.4, -0.2) is 13.0 Å². The second-order valence-electron chi connectivity index (χ2n) is 2.75. The maximum Gasteiger partial charge on any atom is 0.174 e. The number of anilines is 1. The molecular weight excluding hydrogens is 164 g/mol. The molecule has 13 heavy (non-hydrogen) atoms. The Morgan fingerprint density at radius 2 is 2.31 bits per heavy atom. The van der Waals surface area contributed by atoms with E-state index in [-0.39, 0.29) is 0 Å².